The van der Waals surface area contributed by atoms with Crippen LogP contribution in [0.5, 0.6) is 0 Å². The highest BCUT2D eigenvalue weighted by Gasteiger charge is 2.21. The minimum Gasteiger partial charge on any atom is -0.611 e. The lowest BCUT2D eigenvalue weighted by molar-refractivity contribution is 0.0692. The fourth-order valence-electron chi connectivity index (χ4n) is 1.87. The number of halogens is 1. The Kier molecular flexibility index (Phi) is 4.42. The molecule has 0 bridgehead atoms. The second kappa shape index (κ2) is 6.07. The minimum atomic E-state index is -1.53. The molecule has 20 heavy (non-hydrogen) atoms. The number of hydrogen-bond acceptors (Lipinski definition) is 2. The number of carboxylic acid groups (broad SMARTS) is 1. The molecule has 5 heteroatoms. The molecule has 0 aromatic heterocycles. The maximum Gasteiger partial charge on any atom is 0.340 e. The highest BCUT2D eigenvalue weighted by Crippen LogP contribution is 2.22. The van der Waals surface area contributed by atoms with E-state index in [1.165, 1.54) is 24.3 Å². The van der Waals surface area contributed by atoms with Gasteiger partial charge >= 0.3 is 5.97 Å². The van der Waals surface area contributed by atoms with E-state index in [0.29, 0.717) is 5.56 Å². The van der Waals surface area contributed by atoms with Crippen LogP contribution in [0.2, 0.25) is 0 Å². The van der Waals surface area contributed by atoms with E-state index in [2.05, 4.69) is 0 Å². The van der Waals surface area contributed by atoms with Crippen molar-refractivity contribution in [2.75, 3.05) is 0 Å². The highest BCUT2D eigenvalue weighted by atomic mass is 32.2. The van der Waals surface area contributed by atoms with Crippen LogP contribution in [-0.4, -0.2) is 15.6 Å². The van der Waals surface area contributed by atoms with Crippen LogP contribution in [0.25, 0.3) is 0 Å². The molecule has 1 atom stereocenters. The van der Waals surface area contributed by atoms with Crippen molar-refractivity contribution < 1.29 is 18.8 Å². The van der Waals surface area contributed by atoms with E-state index in [0.717, 1.165) is 5.56 Å². The zero-order valence-corrected chi connectivity index (χ0v) is 11.6. The number of aryl methyl sites for hydroxylation is 1. The Morgan fingerprint density at radius 2 is 2.05 bits per heavy atom. The van der Waals surface area contributed by atoms with Crippen molar-refractivity contribution in [3.8, 4) is 0 Å². The van der Waals surface area contributed by atoms with Gasteiger partial charge in [0, 0.05) is 5.56 Å². The Hall–Kier alpha value is -1.85. The van der Waals surface area contributed by atoms with Gasteiger partial charge in [-0.2, -0.15) is 0 Å². The molecule has 104 valence electrons. The normalized spacial score (nSPS) is 12.2. The van der Waals surface area contributed by atoms with Crippen molar-refractivity contribution in [3.63, 3.8) is 0 Å². The first kappa shape index (κ1) is 14.6. The van der Waals surface area contributed by atoms with E-state index < -0.39 is 23.0 Å². The molecule has 0 heterocycles. The number of carbonyl (C=O) groups is 1. The molecule has 0 aliphatic carbocycles. The van der Waals surface area contributed by atoms with Gasteiger partial charge in [-0.05, 0) is 47.9 Å². The largest absolute Gasteiger partial charge is 0.611 e. The first-order valence-electron chi connectivity index (χ1n) is 5.94. The summed E-state index contributed by atoms with van der Waals surface area (Å²) in [7, 11) is 0. The Balaban J connectivity index is 2.29. The summed E-state index contributed by atoms with van der Waals surface area (Å²) < 4.78 is 25.4. The van der Waals surface area contributed by atoms with Gasteiger partial charge in [-0.1, -0.05) is 18.2 Å². The van der Waals surface area contributed by atoms with E-state index in [4.69, 9.17) is 5.11 Å². The Morgan fingerprint density at radius 3 is 2.70 bits per heavy atom. The van der Waals surface area contributed by atoms with Crippen LogP contribution in [0.15, 0.2) is 47.4 Å². The third-order valence-electron chi connectivity index (χ3n) is 2.80. The van der Waals surface area contributed by atoms with Crippen LogP contribution >= 0.6 is 0 Å². The van der Waals surface area contributed by atoms with Gasteiger partial charge in [-0.25, -0.2) is 9.18 Å². The van der Waals surface area contributed by atoms with Gasteiger partial charge in [0.05, 0.1) is 0 Å². The quantitative estimate of drug-likeness (QED) is 0.881. The van der Waals surface area contributed by atoms with Gasteiger partial charge in [0.2, 0.25) is 0 Å². The molecule has 0 aliphatic heterocycles. The summed E-state index contributed by atoms with van der Waals surface area (Å²) >= 11 is -1.53. The topological polar surface area (TPSA) is 60.4 Å². The smallest absolute Gasteiger partial charge is 0.340 e. The maximum atomic E-state index is 13.1. The molecule has 0 spiro atoms. The Labute approximate surface area is 119 Å². The molecule has 2 aromatic carbocycles. The molecule has 1 N–H and O–H groups in total. The van der Waals surface area contributed by atoms with Crippen molar-refractivity contribution in [1.82, 2.24) is 0 Å². The third-order valence-corrected chi connectivity index (χ3v) is 4.24. The summed E-state index contributed by atoms with van der Waals surface area (Å²) in [6, 6.07) is 10.6. The lowest BCUT2D eigenvalue weighted by Crippen LogP contribution is -2.11. The molecule has 0 saturated heterocycles. The van der Waals surface area contributed by atoms with E-state index >= 15 is 0 Å². The molecule has 2 rings (SSSR count). The lowest BCUT2D eigenvalue weighted by atomic mass is 10.1. The first-order chi connectivity index (χ1) is 9.47. The predicted octanol–water partition coefficient (Wildman–Crippen LogP) is 3.14. The van der Waals surface area contributed by atoms with E-state index in [-0.39, 0.29) is 16.2 Å². The minimum absolute atomic E-state index is 0.0275. The highest BCUT2D eigenvalue weighted by molar-refractivity contribution is 7.90. The number of hydrogen-bond donors (Lipinski definition) is 1. The van der Waals surface area contributed by atoms with Crippen LogP contribution in [0.3, 0.4) is 0 Å². The molecular formula is C15H13FO3S. The van der Waals surface area contributed by atoms with E-state index in [9.17, 15) is 13.7 Å². The average molecular weight is 292 g/mol. The van der Waals surface area contributed by atoms with Gasteiger partial charge in [0.1, 0.15) is 17.1 Å². The number of rotatable bonds is 4. The van der Waals surface area contributed by atoms with Crippen LogP contribution in [0.4, 0.5) is 4.39 Å². The lowest BCUT2D eigenvalue weighted by Gasteiger charge is -2.13. The first-order valence-corrected chi connectivity index (χ1v) is 7.26. The van der Waals surface area contributed by atoms with Gasteiger partial charge in [-0.3, -0.25) is 0 Å². The van der Waals surface area contributed by atoms with Crippen molar-refractivity contribution >= 4 is 17.1 Å². The molecule has 0 aliphatic rings. The predicted molar refractivity (Wildman–Crippen MR) is 74.7 cm³/mol. The molecule has 2 aromatic rings. The van der Waals surface area contributed by atoms with Crippen LogP contribution in [-0.2, 0) is 16.9 Å². The fourth-order valence-corrected chi connectivity index (χ4v) is 3.11. The van der Waals surface area contributed by atoms with Crippen molar-refractivity contribution in [2.45, 2.75) is 17.6 Å². The molecule has 0 saturated carbocycles. The molecular weight excluding hydrogens is 279 g/mol. The number of benzene rings is 2. The van der Waals surface area contributed by atoms with Crippen molar-refractivity contribution in [3.05, 3.63) is 65.0 Å². The monoisotopic (exact) mass is 292 g/mol. The van der Waals surface area contributed by atoms with Crippen LogP contribution < -0.4 is 0 Å². The average Bonchev–Trinajstić information content (AvgIpc) is 2.38. The summed E-state index contributed by atoms with van der Waals surface area (Å²) in [6.07, 6.45) is 0. The molecule has 0 fully saturated rings. The van der Waals surface area contributed by atoms with Crippen LogP contribution in [0.1, 0.15) is 21.5 Å². The SMILES string of the molecule is Cc1ccc([S+]([O-])Cc2cccc(F)c2)c(C(=O)O)c1. The van der Waals surface area contributed by atoms with Crippen molar-refractivity contribution in [1.29, 1.82) is 0 Å². The summed E-state index contributed by atoms with van der Waals surface area (Å²) in [4.78, 5) is 11.4. The van der Waals surface area contributed by atoms with Gasteiger partial charge in [0.25, 0.3) is 0 Å². The standard InChI is InChI=1S/C15H13FO3S/c1-10-5-6-14(13(7-10)15(17)18)20(19)9-11-3-2-4-12(16)8-11/h2-8H,9H2,1H3,(H,17,18). The second-order valence-corrected chi connectivity index (χ2v) is 5.84. The molecule has 0 amide bonds. The number of carboxylic acids is 1. The second-order valence-electron chi connectivity index (χ2n) is 4.42. The van der Waals surface area contributed by atoms with Gasteiger partial charge < -0.3 is 9.66 Å². The summed E-state index contributed by atoms with van der Waals surface area (Å²) in [5.41, 5.74) is 1.38. The zero-order valence-electron chi connectivity index (χ0n) is 10.8. The fraction of sp³-hybridized carbons (Fsp3) is 0.133. The molecule has 1 unspecified atom stereocenters. The summed E-state index contributed by atoms with van der Waals surface area (Å²) in [5, 5.41) is 9.15. The van der Waals surface area contributed by atoms with Gasteiger partial charge in [-0.15, -0.1) is 0 Å². The van der Waals surface area contributed by atoms with Gasteiger partial charge in [0.15, 0.2) is 4.90 Å². The summed E-state index contributed by atoms with van der Waals surface area (Å²) in [6.45, 7) is 1.77. The third kappa shape index (κ3) is 3.37. The zero-order chi connectivity index (χ0) is 14.7. The van der Waals surface area contributed by atoms with E-state index in [1.807, 2.05) is 0 Å². The van der Waals surface area contributed by atoms with Crippen molar-refractivity contribution in [2.24, 2.45) is 0 Å². The summed E-state index contributed by atoms with van der Waals surface area (Å²) in [5.74, 6) is -1.43. The Morgan fingerprint density at radius 1 is 1.30 bits per heavy atom. The molecule has 3 nitrogen and oxygen atoms in total. The Bertz CT molecular complexity index is 643. The van der Waals surface area contributed by atoms with Crippen LogP contribution in [0, 0.1) is 12.7 Å². The van der Waals surface area contributed by atoms with E-state index in [1.54, 1.807) is 25.1 Å². The molecule has 0 radical (unpaired) electrons. The maximum absolute atomic E-state index is 13.1. The number of aromatic carboxylic acids is 1.